The molecule has 1 aromatic rings. The molecule has 23 heavy (non-hydrogen) atoms. The summed E-state index contributed by atoms with van der Waals surface area (Å²) in [4.78, 5) is 11.6. The number of carbonyl (C=O) groups is 1. The summed E-state index contributed by atoms with van der Waals surface area (Å²) in [7, 11) is -0.988. The molecule has 1 unspecified atom stereocenters. The first kappa shape index (κ1) is 17.7. The molecule has 0 aromatic heterocycles. The average molecular weight is 343 g/mol. The number of nitrogens with zero attached hydrogens (tertiary/aromatic N) is 1. The lowest BCUT2D eigenvalue weighted by Gasteiger charge is -2.23. The molecule has 0 bridgehead atoms. The van der Waals surface area contributed by atoms with Crippen LogP contribution < -0.4 is 4.74 Å². The van der Waals surface area contributed by atoms with Crippen molar-refractivity contribution in [1.29, 1.82) is 0 Å². The predicted molar refractivity (Wildman–Crippen MR) is 83.2 cm³/mol. The summed E-state index contributed by atoms with van der Waals surface area (Å²) < 4.78 is 37.2. The molecule has 2 rings (SSSR count). The Kier molecular flexibility index (Phi) is 4.70. The van der Waals surface area contributed by atoms with Gasteiger partial charge in [-0.25, -0.2) is 13.2 Å². The molecule has 1 saturated heterocycles. The second kappa shape index (κ2) is 6.10. The van der Waals surface area contributed by atoms with Crippen molar-refractivity contribution in [2.75, 3.05) is 27.3 Å². The van der Waals surface area contributed by atoms with Crippen molar-refractivity contribution in [2.24, 2.45) is 0 Å². The third-order valence-electron chi connectivity index (χ3n) is 4.29. The third kappa shape index (κ3) is 2.93. The summed E-state index contributed by atoms with van der Waals surface area (Å²) in [5.74, 6) is -0.542. The monoisotopic (exact) mass is 343 g/mol. The van der Waals surface area contributed by atoms with Crippen molar-refractivity contribution in [2.45, 2.75) is 30.8 Å². The Morgan fingerprint density at radius 1 is 1.26 bits per heavy atom. The second-order valence-electron chi connectivity index (χ2n) is 5.68. The van der Waals surface area contributed by atoms with Gasteiger partial charge in [-0.2, -0.15) is 4.31 Å². The quantitative estimate of drug-likeness (QED) is 0.863. The molecule has 1 fully saturated rings. The van der Waals surface area contributed by atoms with E-state index < -0.39 is 21.6 Å². The van der Waals surface area contributed by atoms with Crippen LogP contribution in [0.3, 0.4) is 0 Å². The Hall–Kier alpha value is -1.64. The van der Waals surface area contributed by atoms with E-state index in [1.165, 1.54) is 18.5 Å². The number of hydrogen-bond acceptors (Lipinski definition) is 5. The van der Waals surface area contributed by atoms with Crippen LogP contribution in [0.15, 0.2) is 17.0 Å². The van der Waals surface area contributed by atoms with Gasteiger partial charge in [-0.15, -0.1) is 0 Å². The molecule has 0 radical (unpaired) electrons. The summed E-state index contributed by atoms with van der Waals surface area (Å²) in [6.07, 6.45) is 0.117. The highest BCUT2D eigenvalue weighted by molar-refractivity contribution is 7.89. The number of aliphatic carboxylic acids is 1. The lowest BCUT2D eigenvalue weighted by atomic mass is 10.0. The van der Waals surface area contributed by atoms with Gasteiger partial charge in [0.15, 0.2) is 5.60 Å². The van der Waals surface area contributed by atoms with Crippen molar-refractivity contribution >= 4 is 16.0 Å². The van der Waals surface area contributed by atoms with Crippen LogP contribution in [0.1, 0.15) is 17.5 Å². The molecule has 7 nitrogen and oxygen atoms in total. The first-order valence-corrected chi connectivity index (χ1v) is 8.56. The van der Waals surface area contributed by atoms with Crippen LogP contribution in [0.5, 0.6) is 5.75 Å². The number of ether oxygens (including phenoxy) is 2. The number of carboxylic acid groups (broad SMARTS) is 1. The highest BCUT2D eigenvalue weighted by atomic mass is 32.2. The highest BCUT2D eigenvalue weighted by Crippen LogP contribution is 2.33. The van der Waals surface area contributed by atoms with Crippen LogP contribution in [0.25, 0.3) is 0 Å². The maximum absolute atomic E-state index is 12.9. The molecule has 0 amide bonds. The molecule has 1 aliphatic heterocycles. The zero-order valence-electron chi connectivity index (χ0n) is 13.6. The van der Waals surface area contributed by atoms with Gasteiger partial charge in [0.1, 0.15) is 5.75 Å². The summed E-state index contributed by atoms with van der Waals surface area (Å²) in [5.41, 5.74) is -0.229. The van der Waals surface area contributed by atoms with Gasteiger partial charge >= 0.3 is 5.97 Å². The summed E-state index contributed by atoms with van der Waals surface area (Å²) in [6, 6.07) is 3.22. The average Bonchev–Trinajstić information content (AvgIpc) is 2.95. The largest absolute Gasteiger partial charge is 0.496 e. The topological polar surface area (TPSA) is 93.1 Å². The van der Waals surface area contributed by atoms with E-state index in [0.717, 1.165) is 0 Å². The number of carboxylic acids is 1. The minimum atomic E-state index is -3.80. The lowest BCUT2D eigenvalue weighted by molar-refractivity contribution is -0.160. The molecule has 1 N–H and O–H groups in total. The Morgan fingerprint density at radius 2 is 1.91 bits per heavy atom. The Morgan fingerprint density at radius 3 is 2.39 bits per heavy atom. The van der Waals surface area contributed by atoms with Gasteiger partial charge < -0.3 is 14.6 Å². The zero-order chi connectivity index (χ0) is 17.4. The van der Waals surface area contributed by atoms with Crippen LogP contribution in [0.4, 0.5) is 0 Å². The highest BCUT2D eigenvalue weighted by Gasteiger charge is 2.49. The number of methoxy groups -OCH3 is 2. The number of rotatable bonds is 5. The van der Waals surface area contributed by atoms with E-state index in [2.05, 4.69) is 0 Å². The molecule has 1 aromatic carbocycles. The van der Waals surface area contributed by atoms with E-state index in [1.54, 1.807) is 26.0 Å². The van der Waals surface area contributed by atoms with E-state index >= 15 is 0 Å². The zero-order valence-corrected chi connectivity index (χ0v) is 14.4. The molecule has 1 aliphatic rings. The number of sulfonamides is 1. The van der Waals surface area contributed by atoms with Gasteiger partial charge in [0.2, 0.25) is 10.0 Å². The number of hydrogen-bond donors (Lipinski definition) is 1. The maximum Gasteiger partial charge on any atom is 0.337 e. The van der Waals surface area contributed by atoms with Crippen molar-refractivity contribution in [3.05, 3.63) is 23.3 Å². The van der Waals surface area contributed by atoms with Crippen LogP contribution in [0.2, 0.25) is 0 Å². The molecule has 0 spiro atoms. The van der Waals surface area contributed by atoms with Gasteiger partial charge in [-0.3, -0.25) is 0 Å². The molecule has 0 aliphatic carbocycles. The molecule has 0 saturated carbocycles. The smallest absolute Gasteiger partial charge is 0.337 e. The van der Waals surface area contributed by atoms with E-state index in [9.17, 15) is 18.3 Å². The van der Waals surface area contributed by atoms with Gasteiger partial charge in [0.05, 0.1) is 18.6 Å². The van der Waals surface area contributed by atoms with E-state index in [1.807, 2.05) is 0 Å². The van der Waals surface area contributed by atoms with Crippen LogP contribution in [-0.4, -0.2) is 56.7 Å². The van der Waals surface area contributed by atoms with Crippen LogP contribution >= 0.6 is 0 Å². The third-order valence-corrected chi connectivity index (χ3v) is 6.27. The fourth-order valence-corrected chi connectivity index (χ4v) is 4.56. The SMILES string of the molecule is COc1cc(C)c(S(=O)(=O)N2CCC(OC)(C(=O)O)C2)cc1C. The van der Waals surface area contributed by atoms with E-state index in [-0.39, 0.29) is 24.4 Å². The Balaban J connectivity index is 2.41. The molecule has 1 atom stereocenters. The number of aryl methyl sites for hydroxylation is 2. The Labute approximate surface area is 135 Å². The van der Waals surface area contributed by atoms with Gasteiger partial charge in [-0.1, -0.05) is 0 Å². The van der Waals surface area contributed by atoms with Gasteiger partial charge in [0, 0.05) is 20.1 Å². The van der Waals surface area contributed by atoms with E-state index in [4.69, 9.17) is 9.47 Å². The van der Waals surface area contributed by atoms with Crippen molar-refractivity contribution in [3.8, 4) is 5.75 Å². The fraction of sp³-hybridized carbons (Fsp3) is 0.533. The first-order valence-electron chi connectivity index (χ1n) is 7.12. The maximum atomic E-state index is 12.9. The Bertz CT molecular complexity index is 730. The molecular formula is C15H21NO6S. The molecule has 8 heteroatoms. The van der Waals surface area contributed by atoms with Crippen LogP contribution in [-0.2, 0) is 19.6 Å². The van der Waals surface area contributed by atoms with Crippen LogP contribution in [0, 0.1) is 13.8 Å². The molecular weight excluding hydrogens is 322 g/mol. The first-order chi connectivity index (χ1) is 10.7. The van der Waals surface area contributed by atoms with Crippen molar-refractivity contribution < 1.29 is 27.8 Å². The molecule has 128 valence electrons. The summed E-state index contributed by atoms with van der Waals surface area (Å²) in [6.45, 7) is 3.35. The van der Waals surface area contributed by atoms with Gasteiger partial charge in [0.25, 0.3) is 0 Å². The normalized spacial score (nSPS) is 22.3. The standard InChI is InChI=1S/C15H21NO6S/c1-10-8-13(11(2)7-12(10)21-3)23(19,20)16-6-5-15(9-16,22-4)14(17)18/h7-8H,5-6,9H2,1-4H3,(H,17,18). The summed E-state index contributed by atoms with van der Waals surface area (Å²) >= 11 is 0. The predicted octanol–water partition coefficient (Wildman–Crippen LogP) is 1.18. The number of benzene rings is 1. The van der Waals surface area contributed by atoms with E-state index in [0.29, 0.717) is 16.9 Å². The fourth-order valence-electron chi connectivity index (χ4n) is 2.78. The van der Waals surface area contributed by atoms with Gasteiger partial charge in [-0.05, 0) is 37.1 Å². The van der Waals surface area contributed by atoms with Crippen molar-refractivity contribution in [1.82, 2.24) is 4.31 Å². The summed E-state index contributed by atoms with van der Waals surface area (Å²) in [5, 5.41) is 9.32. The minimum absolute atomic E-state index is 0.104. The lowest BCUT2D eigenvalue weighted by Crippen LogP contribution is -2.44. The minimum Gasteiger partial charge on any atom is -0.496 e. The second-order valence-corrected chi connectivity index (χ2v) is 7.59. The molecule has 1 heterocycles. The van der Waals surface area contributed by atoms with Crippen molar-refractivity contribution in [3.63, 3.8) is 0 Å².